The Kier molecular flexibility index (Phi) is 4.71. The van der Waals surface area contributed by atoms with Crippen LogP contribution >= 0.6 is 34.8 Å². The number of halogens is 3. The maximum Gasteiger partial charge on any atom is 0.234 e. The minimum Gasteiger partial charge on any atom is -0.369 e. The number of allylic oxidation sites excluding steroid dienone is 2. The standard InChI is InChI=1S/C9H12Cl3NO2/c10-9(11,12)8(15)13-7(14)6-4-2-1-3-5-6/h1-2,6,8,15H,3-5H2,(H,13,14)/t6-,8-/m1/s1. The van der Waals surface area contributed by atoms with Crippen LogP contribution in [0.15, 0.2) is 12.2 Å². The zero-order valence-electron chi connectivity index (χ0n) is 7.92. The van der Waals surface area contributed by atoms with Gasteiger partial charge in [-0.05, 0) is 19.3 Å². The number of carbonyl (C=O) groups excluding carboxylic acids is 1. The number of rotatable bonds is 2. The van der Waals surface area contributed by atoms with Gasteiger partial charge in [-0.15, -0.1) is 0 Å². The first kappa shape index (κ1) is 13.1. The van der Waals surface area contributed by atoms with E-state index in [1.165, 1.54) is 0 Å². The van der Waals surface area contributed by atoms with E-state index in [0.717, 1.165) is 12.8 Å². The summed E-state index contributed by atoms with van der Waals surface area (Å²) in [5, 5.41) is 11.6. The molecule has 3 nitrogen and oxygen atoms in total. The smallest absolute Gasteiger partial charge is 0.234 e. The minimum atomic E-state index is -1.89. The van der Waals surface area contributed by atoms with Crippen LogP contribution in [0.4, 0.5) is 0 Å². The van der Waals surface area contributed by atoms with Gasteiger partial charge in [0, 0.05) is 5.92 Å². The molecule has 2 atom stereocenters. The number of hydrogen-bond donors (Lipinski definition) is 2. The molecular formula is C9H12Cl3NO2. The predicted molar refractivity (Wildman–Crippen MR) is 60.9 cm³/mol. The molecule has 0 saturated heterocycles. The van der Waals surface area contributed by atoms with E-state index in [4.69, 9.17) is 34.8 Å². The Balaban J connectivity index is 2.45. The van der Waals surface area contributed by atoms with Crippen LogP contribution in [0.1, 0.15) is 19.3 Å². The summed E-state index contributed by atoms with van der Waals surface area (Å²) in [5.74, 6) is -0.421. The summed E-state index contributed by atoms with van der Waals surface area (Å²) in [5.41, 5.74) is 0. The van der Waals surface area contributed by atoms with Gasteiger partial charge in [0.1, 0.15) is 0 Å². The van der Waals surface area contributed by atoms with Crippen molar-refractivity contribution in [2.75, 3.05) is 0 Å². The second-order valence-corrected chi connectivity index (χ2v) is 5.80. The largest absolute Gasteiger partial charge is 0.369 e. The van der Waals surface area contributed by atoms with Crippen molar-refractivity contribution in [2.45, 2.75) is 29.3 Å². The summed E-state index contributed by atoms with van der Waals surface area (Å²) >= 11 is 16.3. The molecule has 0 saturated carbocycles. The van der Waals surface area contributed by atoms with E-state index in [1.54, 1.807) is 0 Å². The monoisotopic (exact) mass is 271 g/mol. The second kappa shape index (κ2) is 5.39. The molecule has 0 unspecified atom stereocenters. The van der Waals surface area contributed by atoms with E-state index < -0.39 is 10.0 Å². The lowest BCUT2D eigenvalue weighted by atomic mass is 9.94. The van der Waals surface area contributed by atoms with Gasteiger partial charge in [0.25, 0.3) is 0 Å². The van der Waals surface area contributed by atoms with Gasteiger partial charge < -0.3 is 10.4 Å². The van der Waals surface area contributed by atoms with Crippen molar-refractivity contribution in [3.05, 3.63) is 12.2 Å². The molecule has 0 radical (unpaired) electrons. The van der Waals surface area contributed by atoms with Crippen molar-refractivity contribution in [3.63, 3.8) is 0 Å². The number of amides is 1. The van der Waals surface area contributed by atoms with Gasteiger partial charge in [-0.2, -0.15) is 0 Å². The maximum atomic E-state index is 11.6. The highest BCUT2D eigenvalue weighted by Crippen LogP contribution is 2.29. The van der Waals surface area contributed by atoms with Crippen LogP contribution in [0, 0.1) is 5.92 Å². The number of nitrogens with one attached hydrogen (secondary N) is 1. The summed E-state index contributed by atoms with van der Waals surface area (Å²) in [6.45, 7) is 0. The zero-order valence-corrected chi connectivity index (χ0v) is 10.2. The van der Waals surface area contributed by atoms with Crippen molar-refractivity contribution in [1.29, 1.82) is 0 Å². The van der Waals surface area contributed by atoms with Gasteiger partial charge in [-0.1, -0.05) is 47.0 Å². The second-order valence-electron chi connectivity index (χ2n) is 3.43. The molecule has 0 aromatic heterocycles. The lowest BCUT2D eigenvalue weighted by Gasteiger charge is -2.23. The van der Waals surface area contributed by atoms with Crippen molar-refractivity contribution < 1.29 is 9.90 Å². The summed E-state index contributed by atoms with van der Waals surface area (Å²) in [7, 11) is 0. The van der Waals surface area contributed by atoms with Gasteiger partial charge in [0.15, 0.2) is 6.23 Å². The molecule has 1 aliphatic carbocycles. The molecule has 0 bridgehead atoms. The topological polar surface area (TPSA) is 49.3 Å². The number of alkyl halides is 3. The van der Waals surface area contributed by atoms with Crippen LogP contribution < -0.4 is 5.32 Å². The molecule has 86 valence electrons. The van der Waals surface area contributed by atoms with Gasteiger partial charge in [0.2, 0.25) is 9.70 Å². The maximum absolute atomic E-state index is 11.6. The van der Waals surface area contributed by atoms with Crippen LogP contribution in [0.5, 0.6) is 0 Å². The summed E-state index contributed by atoms with van der Waals surface area (Å²) in [4.78, 5) is 11.6. The van der Waals surface area contributed by atoms with Crippen LogP contribution in [0.2, 0.25) is 0 Å². The summed E-state index contributed by atoms with van der Waals surface area (Å²) in [6, 6.07) is 0. The number of carbonyl (C=O) groups is 1. The average molecular weight is 273 g/mol. The fourth-order valence-electron chi connectivity index (χ4n) is 1.37. The highest BCUT2D eigenvalue weighted by molar-refractivity contribution is 6.68. The van der Waals surface area contributed by atoms with Gasteiger partial charge in [0.05, 0.1) is 0 Å². The van der Waals surface area contributed by atoms with Crippen molar-refractivity contribution in [3.8, 4) is 0 Å². The van der Waals surface area contributed by atoms with Gasteiger partial charge in [-0.3, -0.25) is 4.79 Å². The first-order valence-corrected chi connectivity index (χ1v) is 5.75. The molecule has 0 heterocycles. The van der Waals surface area contributed by atoms with E-state index >= 15 is 0 Å². The Hall–Kier alpha value is 0.0400. The quantitative estimate of drug-likeness (QED) is 0.460. The fourth-order valence-corrected chi connectivity index (χ4v) is 1.53. The molecule has 0 spiro atoms. The van der Waals surface area contributed by atoms with Crippen molar-refractivity contribution in [1.82, 2.24) is 5.32 Å². The molecular weight excluding hydrogens is 260 g/mol. The third-order valence-corrected chi connectivity index (χ3v) is 2.85. The van der Waals surface area contributed by atoms with Crippen LogP contribution in [0.3, 0.4) is 0 Å². The normalized spacial score (nSPS) is 23.6. The van der Waals surface area contributed by atoms with E-state index in [0.29, 0.717) is 6.42 Å². The first-order chi connectivity index (χ1) is 6.91. The molecule has 6 heteroatoms. The van der Waals surface area contributed by atoms with E-state index in [9.17, 15) is 9.90 Å². The van der Waals surface area contributed by atoms with Crippen molar-refractivity contribution >= 4 is 40.7 Å². The van der Waals surface area contributed by atoms with Crippen LogP contribution in [-0.4, -0.2) is 21.0 Å². The predicted octanol–water partition coefficient (Wildman–Crippen LogP) is 2.15. The summed E-state index contributed by atoms with van der Waals surface area (Å²) < 4.78 is -1.89. The Bertz CT molecular complexity index is 263. The van der Waals surface area contributed by atoms with Crippen LogP contribution in [0.25, 0.3) is 0 Å². The SMILES string of the molecule is O=C(N[C@H](O)C(Cl)(Cl)Cl)[C@@H]1CC=CCC1. The number of hydrogen-bond acceptors (Lipinski definition) is 2. The first-order valence-electron chi connectivity index (χ1n) is 4.61. The highest BCUT2D eigenvalue weighted by atomic mass is 35.6. The van der Waals surface area contributed by atoms with Crippen LogP contribution in [-0.2, 0) is 4.79 Å². The zero-order chi connectivity index (χ0) is 11.5. The van der Waals surface area contributed by atoms with Gasteiger partial charge in [-0.25, -0.2) is 0 Å². The fraction of sp³-hybridized carbons (Fsp3) is 0.667. The molecule has 0 aliphatic heterocycles. The van der Waals surface area contributed by atoms with E-state index in [2.05, 4.69) is 5.32 Å². The van der Waals surface area contributed by atoms with Crippen molar-refractivity contribution in [2.24, 2.45) is 5.92 Å². The number of aliphatic hydroxyl groups is 1. The molecule has 0 aromatic carbocycles. The van der Waals surface area contributed by atoms with E-state index in [1.807, 2.05) is 12.2 Å². The van der Waals surface area contributed by atoms with Gasteiger partial charge >= 0.3 is 0 Å². The Morgan fingerprint density at radius 1 is 1.47 bits per heavy atom. The summed E-state index contributed by atoms with van der Waals surface area (Å²) in [6.07, 6.45) is 4.78. The highest BCUT2D eigenvalue weighted by Gasteiger charge is 2.33. The molecule has 15 heavy (non-hydrogen) atoms. The van der Waals surface area contributed by atoms with E-state index in [-0.39, 0.29) is 11.8 Å². The lowest BCUT2D eigenvalue weighted by molar-refractivity contribution is -0.128. The minimum absolute atomic E-state index is 0.142. The Labute approximate surface area is 103 Å². The Morgan fingerprint density at radius 3 is 2.60 bits per heavy atom. The number of aliphatic hydroxyl groups excluding tert-OH is 1. The molecule has 0 aromatic rings. The third kappa shape index (κ3) is 4.19. The molecule has 0 fully saturated rings. The lowest BCUT2D eigenvalue weighted by Crippen LogP contribution is -2.46. The third-order valence-electron chi connectivity index (χ3n) is 2.23. The average Bonchev–Trinajstić information content (AvgIpc) is 2.17. The molecule has 1 aliphatic rings. The molecule has 2 N–H and O–H groups in total. The molecule has 1 rings (SSSR count). The Morgan fingerprint density at radius 2 is 2.13 bits per heavy atom. The molecule has 1 amide bonds.